The van der Waals surface area contributed by atoms with E-state index in [4.69, 9.17) is 0 Å². The van der Waals surface area contributed by atoms with Crippen molar-refractivity contribution in [3.8, 4) is 16.8 Å². The number of fused-ring (bicyclic) bond motifs is 9. The standard InChI is InChI=1S/C68H65N5/c1-3-21-52(22-4-1)72(54-36-32-48(33-37-54)50-34-40-66-60(45-50)58-27-11-12-31-65(58)73(66)53-23-5-2-6-24-53)55-38-39-59-61(47-55)67(69-42-16-13-30-64(59)69)46-51-20-8-10-26-57(51)63-29-15-18-44-71(63)68-41-35-49-19-7-9-25-56(49)62-28-14-17-43-70(62)68/h1-12,19-27,31-34,36-41,45,47,62-64,67H,13-18,28-30,35,42-44,46H2/t62?,63?,64?,67-/m0/s1. The molecule has 0 spiro atoms. The van der Waals surface area contributed by atoms with Crippen molar-refractivity contribution in [2.75, 3.05) is 24.5 Å². The highest BCUT2D eigenvalue weighted by molar-refractivity contribution is 6.10. The van der Waals surface area contributed by atoms with E-state index >= 15 is 0 Å². The van der Waals surface area contributed by atoms with E-state index in [9.17, 15) is 0 Å². The second kappa shape index (κ2) is 18.9. The molecule has 5 aliphatic rings. The van der Waals surface area contributed by atoms with Crippen LogP contribution in [-0.4, -0.2) is 38.9 Å². The first-order chi connectivity index (χ1) is 36.2. The number of hydrogen-bond acceptors (Lipinski definition) is 4. The fraction of sp³-hybridized carbons (Fsp3) is 0.265. The van der Waals surface area contributed by atoms with Crippen molar-refractivity contribution in [3.63, 3.8) is 0 Å². The Morgan fingerprint density at radius 2 is 1.04 bits per heavy atom. The molecule has 9 aromatic rings. The lowest BCUT2D eigenvalue weighted by Gasteiger charge is -2.47. The van der Waals surface area contributed by atoms with Crippen LogP contribution in [0.2, 0.25) is 0 Å². The summed E-state index contributed by atoms with van der Waals surface area (Å²) in [4.78, 5) is 11.1. The van der Waals surface area contributed by atoms with E-state index in [-0.39, 0.29) is 0 Å². The zero-order chi connectivity index (χ0) is 48.2. The molecule has 0 radical (unpaired) electrons. The fourth-order valence-corrected chi connectivity index (χ4v) is 14.2. The first-order valence-electron chi connectivity index (χ1n) is 27.6. The van der Waals surface area contributed by atoms with Crippen molar-refractivity contribution >= 4 is 38.9 Å². The fourth-order valence-electron chi connectivity index (χ4n) is 14.2. The minimum absolute atomic E-state index is 0.319. The summed E-state index contributed by atoms with van der Waals surface area (Å²) in [5.74, 6) is 1.50. The van der Waals surface area contributed by atoms with Gasteiger partial charge in [0.25, 0.3) is 0 Å². The van der Waals surface area contributed by atoms with Crippen LogP contribution in [0.1, 0.15) is 115 Å². The Bertz CT molecular complexity index is 3480. The van der Waals surface area contributed by atoms with Gasteiger partial charge >= 0.3 is 0 Å². The second-order valence-corrected chi connectivity index (χ2v) is 21.5. The summed E-state index contributed by atoms with van der Waals surface area (Å²) in [7, 11) is 0. The predicted molar refractivity (Wildman–Crippen MR) is 302 cm³/mol. The van der Waals surface area contributed by atoms with Gasteiger partial charge in [0.15, 0.2) is 0 Å². The molecule has 0 N–H and O–H groups in total. The molecule has 0 bridgehead atoms. The maximum absolute atomic E-state index is 2.90. The van der Waals surface area contributed by atoms with E-state index in [1.165, 1.54) is 142 Å². The molecule has 4 atom stereocenters. The van der Waals surface area contributed by atoms with Crippen LogP contribution in [0.3, 0.4) is 0 Å². The number of hydrogen-bond donors (Lipinski definition) is 0. The lowest BCUT2D eigenvalue weighted by Crippen LogP contribution is -2.43. The number of para-hydroxylation sites is 3. The van der Waals surface area contributed by atoms with Crippen molar-refractivity contribution in [2.45, 2.75) is 94.8 Å². The van der Waals surface area contributed by atoms with Gasteiger partial charge in [0, 0.05) is 58.7 Å². The summed E-state index contributed by atoms with van der Waals surface area (Å²) in [5, 5.41) is 2.55. The SMILES string of the molecule is C1=C(N2CCCCC2c2ccccc2C[C@H]2c3cc(N(c4ccccc4)c4ccc(-c5ccc6c(c5)c5ccccc5n6-c5ccccc5)cc4)ccc3C3CCCCN32)N2CCCCC2c2ccccc2C1. The molecule has 0 saturated carbocycles. The molecular formula is C68H65N5. The molecule has 6 heterocycles. The van der Waals surface area contributed by atoms with E-state index in [0.717, 1.165) is 32.5 Å². The lowest BCUT2D eigenvalue weighted by molar-refractivity contribution is 0.0869. The first-order valence-corrected chi connectivity index (χ1v) is 27.6. The van der Waals surface area contributed by atoms with Crippen LogP contribution in [0.5, 0.6) is 0 Å². The van der Waals surface area contributed by atoms with Gasteiger partial charge in [-0.2, -0.15) is 0 Å². The minimum atomic E-state index is 0.319. The van der Waals surface area contributed by atoms with Gasteiger partial charge in [0.1, 0.15) is 5.82 Å². The summed E-state index contributed by atoms with van der Waals surface area (Å²) < 4.78 is 2.39. The van der Waals surface area contributed by atoms with Crippen LogP contribution in [0.25, 0.3) is 38.6 Å². The normalized spacial score (nSPS) is 20.7. The van der Waals surface area contributed by atoms with Gasteiger partial charge in [0.05, 0.1) is 23.1 Å². The van der Waals surface area contributed by atoms with E-state index in [1.54, 1.807) is 11.1 Å². The predicted octanol–water partition coefficient (Wildman–Crippen LogP) is 16.9. The van der Waals surface area contributed by atoms with E-state index in [1.807, 2.05) is 0 Å². The Hall–Kier alpha value is -7.34. The average molecular weight is 952 g/mol. The van der Waals surface area contributed by atoms with Crippen molar-refractivity contribution in [1.82, 2.24) is 19.3 Å². The molecule has 5 aliphatic heterocycles. The van der Waals surface area contributed by atoms with Crippen LogP contribution in [0.15, 0.2) is 206 Å². The summed E-state index contributed by atoms with van der Waals surface area (Å²) in [6, 6.07) is 74.9. The van der Waals surface area contributed by atoms with Gasteiger partial charge in [-0.15, -0.1) is 0 Å². The zero-order valence-electron chi connectivity index (χ0n) is 42.0. The van der Waals surface area contributed by atoms with E-state index < -0.39 is 0 Å². The number of likely N-dealkylation sites (tertiary alicyclic amines) is 1. The maximum atomic E-state index is 2.90. The number of nitrogens with zero attached hydrogens (tertiary/aromatic N) is 5. The Morgan fingerprint density at radius 3 is 1.85 bits per heavy atom. The molecule has 3 unspecified atom stereocenters. The summed E-state index contributed by atoms with van der Waals surface area (Å²) in [6.45, 7) is 3.43. The number of anilines is 3. The van der Waals surface area contributed by atoms with Gasteiger partial charge in [-0.3, -0.25) is 4.90 Å². The Labute approximate surface area is 431 Å². The van der Waals surface area contributed by atoms with Gasteiger partial charge in [0.2, 0.25) is 0 Å². The third-order valence-corrected chi connectivity index (χ3v) is 17.5. The molecule has 8 aromatic carbocycles. The van der Waals surface area contributed by atoms with Crippen LogP contribution >= 0.6 is 0 Å². The molecule has 5 heteroatoms. The highest BCUT2D eigenvalue weighted by atomic mass is 15.4. The maximum Gasteiger partial charge on any atom is 0.101 e. The van der Waals surface area contributed by atoms with Crippen molar-refractivity contribution in [3.05, 3.63) is 239 Å². The monoisotopic (exact) mass is 952 g/mol. The van der Waals surface area contributed by atoms with Gasteiger partial charge in [-0.05, 0) is 188 Å². The Morgan fingerprint density at radius 1 is 0.425 bits per heavy atom. The largest absolute Gasteiger partial charge is 0.351 e. The van der Waals surface area contributed by atoms with E-state index in [0.29, 0.717) is 24.2 Å². The average Bonchev–Trinajstić information content (AvgIpc) is 3.90. The van der Waals surface area contributed by atoms with Crippen LogP contribution < -0.4 is 4.90 Å². The summed E-state index contributed by atoms with van der Waals surface area (Å²) >= 11 is 0. The van der Waals surface area contributed by atoms with Crippen LogP contribution in [0, 0.1) is 0 Å². The van der Waals surface area contributed by atoms with Crippen molar-refractivity contribution in [2.24, 2.45) is 0 Å². The van der Waals surface area contributed by atoms with Gasteiger partial charge in [-0.1, -0.05) is 134 Å². The number of benzene rings is 8. The van der Waals surface area contributed by atoms with Crippen LogP contribution in [-0.2, 0) is 12.8 Å². The van der Waals surface area contributed by atoms with Crippen LogP contribution in [0.4, 0.5) is 17.1 Å². The lowest BCUT2D eigenvalue weighted by atomic mass is 9.87. The highest BCUT2D eigenvalue weighted by Gasteiger charge is 2.41. The quantitative estimate of drug-likeness (QED) is 0.143. The topological polar surface area (TPSA) is 17.9 Å². The number of allylic oxidation sites excluding steroid dienone is 1. The molecule has 0 aliphatic carbocycles. The molecule has 3 saturated heterocycles. The number of aromatic nitrogens is 1. The molecule has 14 rings (SSSR count). The molecule has 73 heavy (non-hydrogen) atoms. The van der Waals surface area contributed by atoms with Crippen molar-refractivity contribution in [1.29, 1.82) is 0 Å². The third-order valence-electron chi connectivity index (χ3n) is 17.5. The molecule has 1 aromatic heterocycles. The molecular weight excluding hydrogens is 887 g/mol. The zero-order valence-corrected chi connectivity index (χ0v) is 42.0. The Balaban J connectivity index is 0.804. The second-order valence-electron chi connectivity index (χ2n) is 21.5. The smallest absolute Gasteiger partial charge is 0.101 e. The Kier molecular flexibility index (Phi) is 11.5. The summed E-state index contributed by atoms with van der Waals surface area (Å²) in [6.07, 6.45) is 16.0. The molecule has 362 valence electrons. The summed E-state index contributed by atoms with van der Waals surface area (Å²) in [5.41, 5.74) is 18.8. The van der Waals surface area contributed by atoms with Gasteiger partial charge < -0.3 is 19.3 Å². The minimum Gasteiger partial charge on any atom is -0.351 e. The highest BCUT2D eigenvalue weighted by Crippen LogP contribution is 2.51. The van der Waals surface area contributed by atoms with Crippen molar-refractivity contribution < 1.29 is 0 Å². The molecule has 0 amide bonds. The van der Waals surface area contributed by atoms with Gasteiger partial charge in [-0.25, -0.2) is 0 Å². The first kappa shape index (κ1) is 44.4. The molecule has 5 nitrogen and oxygen atoms in total. The van der Waals surface area contributed by atoms with E-state index in [2.05, 4.69) is 224 Å². The number of piperidine rings is 3. The molecule has 3 fully saturated rings. The third kappa shape index (κ3) is 7.87. The number of rotatable bonds is 9.